The van der Waals surface area contributed by atoms with Gasteiger partial charge in [0.05, 0.1) is 0 Å². The highest BCUT2D eigenvalue weighted by Crippen LogP contribution is 2.22. The summed E-state index contributed by atoms with van der Waals surface area (Å²) in [6.07, 6.45) is 2.07. The Morgan fingerprint density at radius 1 is 1.12 bits per heavy atom. The minimum Gasteiger partial charge on any atom is -0.132 e. The van der Waals surface area contributed by atoms with E-state index in [2.05, 4.69) is 68.5 Å². The fourth-order valence-electron chi connectivity index (χ4n) is 1.58. The molecule has 0 radical (unpaired) electrons. The molecular weight excluding hydrogens is 198 g/mol. The first kappa shape index (κ1) is 11.0. The molecule has 84 valence electrons. The minimum atomic E-state index is 0.00292. The van der Waals surface area contributed by atoms with E-state index in [1.165, 1.54) is 11.1 Å². The maximum Gasteiger partial charge on any atom is 0.247 e. The summed E-state index contributed by atoms with van der Waals surface area (Å²) < 4.78 is 1.93. The zero-order valence-electron chi connectivity index (χ0n) is 10.3. The molecule has 1 aliphatic heterocycles. The highest BCUT2D eigenvalue weighted by molar-refractivity contribution is 5.63. The van der Waals surface area contributed by atoms with Gasteiger partial charge in [-0.3, -0.25) is 0 Å². The smallest absolute Gasteiger partial charge is 0.132 e. The average molecular weight is 216 g/mol. The van der Waals surface area contributed by atoms with E-state index in [4.69, 9.17) is 0 Å². The number of benzene rings is 1. The molecule has 0 aromatic heterocycles. The van der Waals surface area contributed by atoms with Gasteiger partial charge in [0, 0.05) is 10.7 Å². The molecule has 1 unspecified atom stereocenters. The lowest BCUT2D eigenvalue weighted by Gasteiger charge is -2.12. The molecule has 0 saturated heterocycles. The first-order valence-corrected chi connectivity index (χ1v) is 5.58. The van der Waals surface area contributed by atoms with Crippen LogP contribution in [0.4, 0.5) is 0 Å². The molecule has 1 atom stereocenters. The zero-order chi connectivity index (χ0) is 11.8. The van der Waals surface area contributed by atoms with Crippen molar-refractivity contribution in [1.82, 2.24) is 0 Å². The molecule has 16 heavy (non-hydrogen) atoms. The van der Waals surface area contributed by atoms with Crippen LogP contribution in [0.5, 0.6) is 0 Å². The quantitative estimate of drug-likeness (QED) is 0.644. The van der Waals surface area contributed by atoms with E-state index < -0.39 is 0 Å². The standard InChI is InChI=1S/C13H18N3/c1-10-5-7-11(8-6-10)12-9-16(15-14-12)13(2,3)4/h5-9,12H,1-4H3/q+1. The third-order valence-corrected chi connectivity index (χ3v) is 2.66. The van der Waals surface area contributed by atoms with Crippen molar-refractivity contribution in [2.75, 3.05) is 0 Å². The molecule has 0 fully saturated rings. The van der Waals surface area contributed by atoms with Crippen molar-refractivity contribution in [3.8, 4) is 0 Å². The van der Waals surface area contributed by atoms with Crippen LogP contribution in [0.3, 0.4) is 0 Å². The SMILES string of the molecule is Cc1ccc(C2C=[N+](C(C)(C)C)N=N2)cc1. The normalized spacial score (nSPS) is 20.0. The Balaban J connectivity index is 2.24. The molecule has 1 aromatic carbocycles. The van der Waals surface area contributed by atoms with Crippen LogP contribution in [-0.2, 0) is 0 Å². The molecule has 1 aliphatic rings. The van der Waals surface area contributed by atoms with Crippen LogP contribution >= 0.6 is 0 Å². The molecule has 0 N–H and O–H groups in total. The van der Waals surface area contributed by atoms with Crippen LogP contribution in [0.2, 0.25) is 0 Å². The Labute approximate surface area is 96.5 Å². The second-order valence-corrected chi connectivity index (χ2v) is 5.22. The monoisotopic (exact) mass is 216 g/mol. The molecule has 0 saturated carbocycles. The lowest BCUT2D eigenvalue weighted by atomic mass is 10.1. The van der Waals surface area contributed by atoms with Gasteiger partial charge < -0.3 is 0 Å². The van der Waals surface area contributed by atoms with Gasteiger partial charge in [0.1, 0.15) is 17.0 Å². The third kappa shape index (κ3) is 2.18. The highest BCUT2D eigenvalue weighted by atomic mass is 15.5. The number of hydrogen-bond acceptors (Lipinski definition) is 2. The molecular formula is C13H18N3+. The van der Waals surface area contributed by atoms with Gasteiger partial charge >= 0.3 is 0 Å². The van der Waals surface area contributed by atoms with Crippen molar-refractivity contribution in [2.24, 2.45) is 10.3 Å². The van der Waals surface area contributed by atoms with Crippen molar-refractivity contribution in [2.45, 2.75) is 39.3 Å². The molecule has 1 heterocycles. The maximum absolute atomic E-state index is 4.28. The van der Waals surface area contributed by atoms with Crippen LogP contribution in [0.25, 0.3) is 0 Å². The summed E-state index contributed by atoms with van der Waals surface area (Å²) in [6.45, 7) is 8.46. The zero-order valence-corrected chi connectivity index (χ0v) is 10.3. The van der Waals surface area contributed by atoms with E-state index >= 15 is 0 Å². The van der Waals surface area contributed by atoms with Crippen LogP contribution in [0.15, 0.2) is 34.6 Å². The second kappa shape index (κ2) is 3.81. The van der Waals surface area contributed by atoms with Crippen molar-refractivity contribution in [1.29, 1.82) is 0 Å². The van der Waals surface area contributed by atoms with Gasteiger partial charge in [0.15, 0.2) is 0 Å². The summed E-state index contributed by atoms with van der Waals surface area (Å²) in [4.78, 5) is 0. The summed E-state index contributed by atoms with van der Waals surface area (Å²) in [6, 6.07) is 8.51. The Kier molecular flexibility index (Phi) is 2.62. The fourth-order valence-corrected chi connectivity index (χ4v) is 1.58. The largest absolute Gasteiger partial charge is 0.247 e. The van der Waals surface area contributed by atoms with Crippen molar-refractivity contribution >= 4 is 6.21 Å². The lowest BCUT2D eigenvalue weighted by molar-refractivity contribution is -0.601. The van der Waals surface area contributed by atoms with Crippen LogP contribution in [0, 0.1) is 6.92 Å². The van der Waals surface area contributed by atoms with Crippen LogP contribution in [0.1, 0.15) is 37.9 Å². The van der Waals surface area contributed by atoms with E-state index in [1.807, 2.05) is 4.68 Å². The Hall–Kier alpha value is -1.51. The Bertz CT molecular complexity index is 435. The van der Waals surface area contributed by atoms with Gasteiger partial charge in [-0.05, 0) is 27.7 Å². The van der Waals surface area contributed by atoms with Crippen molar-refractivity contribution in [3.05, 3.63) is 35.4 Å². The average Bonchev–Trinajstić information content (AvgIpc) is 2.67. The van der Waals surface area contributed by atoms with E-state index in [-0.39, 0.29) is 11.6 Å². The molecule has 1 aromatic rings. The predicted octanol–water partition coefficient (Wildman–Crippen LogP) is 3.30. The van der Waals surface area contributed by atoms with Gasteiger partial charge in [-0.2, -0.15) is 0 Å². The van der Waals surface area contributed by atoms with Gasteiger partial charge in [0.25, 0.3) is 0 Å². The van der Waals surface area contributed by atoms with Crippen LogP contribution < -0.4 is 0 Å². The number of hydrogen-bond donors (Lipinski definition) is 0. The topological polar surface area (TPSA) is 27.7 Å². The first-order chi connectivity index (χ1) is 7.47. The minimum absolute atomic E-state index is 0.00292. The number of nitrogens with zero attached hydrogens (tertiary/aromatic N) is 3. The molecule has 0 amide bonds. The highest BCUT2D eigenvalue weighted by Gasteiger charge is 2.30. The van der Waals surface area contributed by atoms with Gasteiger partial charge in [0.2, 0.25) is 6.04 Å². The lowest BCUT2D eigenvalue weighted by Crippen LogP contribution is -2.28. The fraction of sp³-hybridized carbons (Fsp3) is 0.462. The Morgan fingerprint density at radius 3 is 2.25 bits per heavy atom. The van der Waals surface area contributed by atoms with E-state index in [0.29, 0.717) is 0 Å². The summed E-state index contributed by atoms with van der Waals surface area (Å²) >= 11 is 0. The summed E-state index contributed by atoms with van der Waals surface area (Å²) in [5, 5.41) is 8.47. The molecule has 0 bridgehead atoms. The van der Waals surface area contributed by atoms with E-state index in [9.17, 15) is 0 Å². The number of aryl methyl sites for hydroxylation is 1. The molecule has 3 nitrogen and oxygen atoms in total. The van der Waals surface area contributed by atoms with Gasteiger partial charge in [-0.25, -0.2) is 0 Å². The molecule has 0 spiro atoms. The second-order valence-electron chi connectivity index (χ2n) is 5.22. The summed E-state index contributed by atoms with van der Waals surface area (Å²) in [5.41, 5.74) is 2.47. The number of rotatable bonds is 1. The van der Waals surface area contributed by atoms with E-state index in [1.54, 1.807) is 0 Å². The van der Waals surface area contributed by atoms with Crippen LogP contribution in [-0.4, -0.2) is 16.4 Å². The summed E-state index contributed by atoms with van der Waals surface area (Å²) in [5.74, 6) is 0. The van der Waals surface area contributed by atoms with Gasteiger partial charge in [-0.1, -0.05) is 29.8 Å². The molecule has 2 rings (SSSR count). The van der Waals surface area contributed by atoms with Gasteiger partial charge in [-0.15, -0.1) is 4.68 Å². The third-order valence-electron chi connectivity index (χ3n) is 2.66. The van der Waals surface area contributed by atoms with Crippen molar-refractivity contribution < 1.29 is 4.68 Å². The van der Waals surface area contributed by atoms with E-state index in [0.717, 1.165) is 0 Å². The summed E-state index contributed by atoms with van der Waals surface area (Å²) in [7, 11) is 0. The maximum atomic E-state index is 4.28. The predicted molar refractivity (Wildman–Crippen MR) is 64.9 cm³/mol. The van der Waals surface area contributed by atoms with Crippen molar-refractivity contribution in [3.63, 3.8) is 0 Å². The molecule has 0 aliphatic carbocycles. The molecule has 3 heteroatoms. The first-order valence-electron chi connectivity index (χ1n) is 5.58. The Morgan fingerprint density at radius 2 is 1.75 bits per heavy atom.